The summed E-state index contributed by atoms with van der Waals surface area (Å²) in [5, 5.41) is 10.5. The fourth-order valence-corrected chi connectivity index (χ4v) is 3.69. The second kappa shape index (κ2) is 7.09. The fraction of sp³-hybridized carbons (Fsp3) is 0.350. The van der Waals surface area contributed by atoms with Crippen LogP contribution in [0.5, 0.6) is 0 Å². The van der Waals surface area contributed by atoms with Crippen molar-refractivity contribution in [3.8, 4) is 0 Å². The highest BCUT2D eigenvalue weighted by Gasteiger charge is 2.38. The number of imidazole rings is 1. The van der Waals surface area contributed by atoms with Crippen LogP contribution in [0.15, 0.2) is 53.6 Å². The van der Waals surface area contributed by atoms with E-state index in [1.54, 1.807) is 13.3 Å². The molecule has 0 radical (unpaired) electrons. The highest BCUT2D eigenvalue weighted by Crippen LogP contribution is 2.40. The summed E-state index contributed by atoms with van der Waals surface area (Å²) in [5.74, 6) is 0.361. The maximum atomic E-state index is 12.1. The maximum Gasteiger partial charge on any atom is 0.279 e. The standard InChI is InChI=1S/C20H22N4O3/c1-12-15(10-27-9-14-6-4-3-5-7-14)17(25)8-16(12)24-11-21-18-19(24)22-13(2)23-20(18)26/h3-7,11,15-17,25H,1,8-10H2,2H3,(H,22,23,26)/t15-,16-,17-/m0/s1. The number of aliphatic hydroxyl groups excluding tert-OH is 1. The third-order valence-electron chi connectivity index (χ3n) is 5.13. The Hall–Kier alpha value is -2.77. The molecule has 1 aliphatic rings. The molecule has 4 rings (SSSR count). The second-order valence-electron chi connectivity index (χ2n) is 6.98. The number of aromatic nitrogens is 4. The highest BCUT2D eigenvalue weighted by molar-refractivity contribution is 5.69. The van der Waals surface area contributed by atoms with Crippen LogP contribution in [-0.4, -0.2) is 37.3 Å². The minimum Gasteiger partial charge on any atom is -0.392 e. The molecule has 1 aromatic carbocycles. The Morgan fingerprint density at radius 2 is 2.15 bits per heavy atom. The van der Waals surface area contributed by atoms with E-state index in [-0.39, 0.29) is 17.5 Å². The Balaban J connectivity index is 1.51. The Bertz CT molecular complexity index is 1020. The smallest absolute Gasteiger partial charge is 0.279 e. The number of aliphatic hydroxyl groups is 1. The van der Waals surface area contributed by atoms with Crippen molar-refractivity contribution < 1.29 is 9.84 Å². The van der Waals surface area contributed by atoms with Gasteiger partial charge in [0.25, 0.3) is 5.56 Å². The zero-order valence-corrected chi connectivity index (χ0v) is 15.1. The molecule has 2 heterocycles. The molecule has 0 spiro atoms. The maximum absolute atomic E-state index is 12.1. The van der Waals surface area contributed by atoms with E-state index in [1.165, 1.54) is 0 Å². The first-order valence-electron chi connectivity index (χ1n) is 8.96. The predicted octanol–water partition coefficient (Wildman–Crippen LogP) is 2.12. The van der Waals surface area contributed by atoms with Crippen molar-refractivity contribution in [2.75, 3.05) is 6.61 Å². The van der Waals surface area contributed by atoms with Gasteiger partial charge in [-0.1, -0.05) is 36.9 Å². The van der Waals surface area contributed by atoms with Gasteiger partial charge in [0.1, 0.15) is 5.82 Å². The number of rotatable bonds is 5. The molecule has 2 aromatic heterocycles. The third-order valence-corrected chi connectivity index (χ3v) is 5.13. The summed E-state index contributed by atoms with van der Waals surface area (Å²) >= 11 is 0. The average molecular weight is 366 g/mol. The van der Waals surface area contributed by atoms with Crippen molar-refractivity contribution in [3.63, 3.8) is 0 Å². The Morgan fingerprint density at radius 1 is 1.37 bits per heavy atom. The molecule has 0 unspecified atom stereocenters. The quantitative estimate of drug-likeness (QED) is 0.675. The average Bonchev–Trinajstić information content (AvgIpc) is 3.18. The van der Waals surface area contributed by atoms with E-state index >= 15 is 0 Å². The van der Waals surface area contributed by atoms with Gasteiger partial charge >= 0.3 is 0 Å². The van der Waals surface area contributed by atoms with Crippen LogP contribution in [-0.2, 0) is 11.3 Å². The zero-order valence-electron chi connectivity index (χ0n) is 15.1. The van der Waals surface area contributed by atoms with Gasteiger partial charge in [0.2, 0.25) is 0 Å². The van der Waals surface area contributed by atoms with Crippen molar-refractivity contribution in [1.82, 2.24) is 19.5 Å². The number of fused-ring (bicyclic) bond motifs is 1. The van der Waals surface area contributed by atoms with E-state index in [0.717, 1.165) is 11.1 Å². The van der Waals surface area contributed by atoms with E-state index in [4.69, 9.17) is 4.74 Å². The molecule has 140 valence electrons. The molecule has 0 amide bonds. The van der Waals surface area contributed by atoms with Crippen LogP contribution in [0.1, 0.15) is 23.9 Å². The first-order chi connectivity index (χ1) is 13.0. The van der Waals surface area contributed by atoms with E-state index in [9.17, 15) is 9.90 Å². The summed E-state index contributed by atoms with van der Waals surface area (Å²) in [6.07, 6.45) is 1.54. The van der Waals surface area contributed by atoms with Crippen LogP contribution in [0, 0.1) is 12.8 Å². The van der Waals surface area contributed by atoms with Crippen LogP contribution in [0.25, 0.3) is 11.2 Å². The van der Waals surface area contributed by atoms with Crippen LogP contribution in [0.3, 0.4) is 0 Å². The number of ether oxygens (including phenoxy) is 1. The van der Waals surface area contributed by atoms with Crippen LogP contribution in [0.2, 0.25) is 0 Å². The number of hydrogen-bond acceptors (Lipinski definition) is 5. The summed E-state index contributed by atoms with van der Waals surface area (Å²) in [5.41, 5.74) is 2.51. The minimum atomic E-state index is -0.557. The van der Waals surface area contributed by atoms with Gasteiger partial charge in [-0.15, -0.1) is 0 Å². The van der Waals surface area contributed by atoms with Gasteiger partial charge in [-0.05, 0) is 24.5 Å². The van der Waals surface area contributed by atoms with Crippen molar-refractivity contribution in [2.24, 2.45) is 5.92 Å². The van der Waals surface area contributed by atoms with Gasteiger partial charge < -0.3 is 19.4 Å². The van der Waals surface area contributed by atoms with E-state index in [2.05, 4.69) is 21.5 Å². The Morgan fingerprint density at radius 3 is 2.93 bits per heavy atom. The number of nitrogens with zero attached hydrogens (tertiary/aromatic N) is 3. The van der Waals surface area contributed by atoms with Crippen molar-refractivity contribution in [1.29, 1.82) is 0 Å². The van der Waals surface area contributed by atoms with Gasteiger partial charge in [0, 0.05) is 5.92 Å². The monoisotopic (exact) mass is 366 g/mol. The molecule has 3 aromatic rings. The zero-order chi connectivity index (χ0) is 19.0. The van der Waals surface area contributed by atoms with Gasteiger partial charge in [0.05, 0.1) is 31.7 Å². The predicted molar refractivity (Wildman–Crippen MR) is 101 cm³/mol. The molecular formula is C20H22N4O3. The normalized spacial score (nSPS) is 22.6. The first-order valence-corrected chi connectivity index (χ1v) is 8.96. The third kappa shape index (κ3) is 3.31. The van der Waals surface area contributed by atoms with E-state index < -0.39 is 6.10 Å². The van der Waals surface area contributed by atoms with Crippen molar-refractivity contribution in [3.05, 3.63) is 70.6 Å². The molecule has 1 fully saturated rings. The van der Waals surface area contributed by atoms with Crippen LogP contribution in [0.4, 0.5) is 0 Å². The van der Waals surface area contributed by atoms with Gasteiger partial charge in [0.15, 0.2) is 11.2 Å². The molecule has 2 N–H and O–H groups in total. The lowest BCUT2D eigenvalue weighted by atomic mass is 10.0. The molecule has 27 heavy (non-hydrogen) atoms. The number of benzene rings is 1. The number of aryl methyl sites for hydroxylation is 1. The fourth-order valence-electron chi connectivity index (χ4n) is 3.69. The Labute approximate surface area is 156 Å². The highest BCUT2D eigenvalue weighted by atomic mass is 16.5. The van der Waals surface area contributed by atoms with Crippen LogP contribution < -0.4 is 5.56 Å². The number of hydrogen-bond donors (Lipinski definition) is 2. The molecule has 0 saturated heterocycles. The molecule has 1 saturated carbocycles. The molecular weight excluding hydrogens is 344 g/mol. The largest absolute Gasteiger partial charge is 0.392 e. The molecule has 7 heteroatoms. The van der Waals surface area contributed by atoms with Crippen molar-refractivity contribution in [2.45, 2.75) is 32.1 Å². The van der Waals surface area contributed by atoms with Gasteiger partial charge in [-0.25, -0.2) is 9.97 Å². The molecule has 1 aliphatic carbocycles. The SMILES string of the molecule is C=C1[C@H](COCc2ccccc2)[C@@H](O)C[C@@H]1n1cnc2c(=O)[nH]c(C)nc21. The summed E-state index contributed by atoms with van der Waals surface area (Å²) in [6.45, 7) is 6.82. The molecule has 3 atom stereocenters. The van der Waals surface area contributed by atoms with Crippen LogP contribution >= 0.6 is 0 Å². The summed E-state index contributed by atoms with van der Waals surface area (Å²) < 4.78 is 7.65. The Kier molecular flexibility index (Phi) is 4.63. The van der Waals surface area contributed by atoms with E-state index in [1.807, 2.05) is 34.9 Å². The summed E-state index contributed by atoms with van der Waals surface area (Å²) in [6, 6.07) is 9.76. The minimum absolute atomic E-state index is 0.163. The lowest BCUT2D eigenvalue weighted by Crippen LogP contribution is -2.20. The second-order valence-corrected chi connectivity index (χ2v) is 6.98. The number of aromatic amines is 1. The summed E-state index contributed by atoms with van der Waals surface area (Å²) in [7, 11) is 0. The van der Waals surface area contributed by atoms with Crippen molar-refractivity contribution >= 4 is 11.2 Å². The van der Waals surface area contributed by atoms with Gasteiger partial charge in [-0.2, -0.15) is 0 Å². The van der Waals surface area contributed by atoms with E-state index in [0.29, 0.717) is 36.6 Å². The lowest BCUT2D eigenvalue weighted by molar-refractivity contribution is 0.0472. The molecule has 0 aliphatic heterocycles. The number of nitrogens with one attached hydrogen (secondary N) is 1. The topological polar surface area (TPSA) is 93.0 Å². The lowest BCUT2D eigenvalue weighted by Gasteiger charge is -2.18. The molecule has 0 bridgehead atoms. The first kappa shape index (κ1) is 17.6. The van der Waals surface area contributed by atoms with Gasteiger partial charge in [-0.3, -0.25) is 4.79 Å². The number of H-pyrrole nitrogens is 1. The summed E-state index contributed by atoms with van der Waals surface area (Å²) in [4.78, 5) is 23.3. The molecule has 7 nitrogen and oxygen atoms in total.